The number of aliphatic hydroxyl groups excluding tert-OH is 2. The molecular formula is C24H36O6. The molecule has 0 saturated heterocycles. The highest BCUT2D eigenvalue weighted by molar-refractivity contribution is 5.67. The van der Waals surface area contributed by atoms with Gasteiger partial charge in [-0.2, -0.15) is 0 Å². The summed E-state index contributed by atoms with van der Waals surface area (Å²) in [6, 6.07) is 0. The molecule has 0 heterocycles. The van der Waals surface area contributed by atoms with Crippen LogP contribution in [0.4, 0.5) is 0 Å². The van der Waals surface area contributed by atoms with Crippen molar-refractivity contribution in [3.8, 4) is 0 Å². The van der Waals surface area contributed by atoms with Gasteiger partial charge in [-0.05, 0) is 48.2 Å². The summed E-state index contributed by atoms with van der Waals surface area (Å²) in [6.07, 6.45) is -0.229. The Labute approximate surface area is 179 Å². The van der Waals surface area contributed by atoms with E-state index >= 15 is 0 Å². The number of carbonyl (C=O) groups is 2. The van der Waals surface area contributed by atoms with E-state index in [2.05, 4.69) is 13.5 Å². The molecule has 7 atom stereocenters. The molecule has 0 radical (unpaired) electrons. The highest BCUT2D eigenvalue weighted by Gasteiger charge is 2.60. The molecule has 3 rings (SSSR count). The van der Waals surface area contributed by atoms with E-state index in [1.54, 1.807) is 0 Å². The van der Waals surface area contributed by atoms with Crippen LogP contribution in [0, 0.1) is 22.7 Å². The Kier molecular flexibility index (Phi) is 5.98. The third-order valence-corrected chi connectivity index (χ3v) is 7.76. The SMILES string of the molecule is C=C1[C@@H](O)CC[C@@]2(C)C[C@H](O)C3=C(C)C[C@H](OC(C)=O)[C@@H]([C@@H](OC(C)=O)[C@H]12)C3(C)C. The number of carbonyl (C=O) groups excluding carboxylic acids is 2. The first-order valence-electron chi connectivity index (χ1n) is 10.9. The van der Waals surface area contributed by atoms with Crippen LogP contribution in [-0.4, -0.2) is 46.6 Å². The average molecular weight is 421 g/mol. The Morgan fingerprint density at radius 3 is 2.23 bits per heavy atom. The summed E-state index contributed by atoms with van der Waals surface area (Å²) in [4.78, 5) is 24.2. The zero-order valence-electron chi connectivity index (χ0n) is 19.0. The number of esters is 2. The number of ether oxygens (including phenoxy) is 2. The fraction of sp³-hybridized carbons (Fsp3) is 0.750. The van der Waals surface area contributed by atoms with Gasteiger partial charge >= 0.3 is 11.9 Å². The van der Waals surface area contributed by atoms with Gasteiger partial charge in [0.05, 0.1) is 12.2 Å². The maximum atomic E-state index is 12.2. The molecule has 2 bridgehead atoms. The molecule has 2 saturated carbocycles. The molecule has 0 aromatic carbocycles. The zero-order chi connectivity index (χ0) is 22.6. The first kappa shape index (κ1) is 23.0. The number of hydrogen-bond acceptors (Lipinski definition) is 6. The summed E-state index contributed by atoms with van der Waals surface area (Å²) < 4.78 is 11.7. The van der Waals surface area contributed by atoms with E-state index in [-0.39, 0.29) is 17.8 Å². The maximum absolute atomic E-state index is 12.2. The van der Waals surface area contributed by atoms with Gasteiger partial charge in [-0.3, -0.25) is 9.59 Å². The van der Waals surface area contributed by atoms with Gasteiger partial charge in [0.1, 0.15) is 12.2 Å². The first-order valence-corrected chi connectivity index (χ1v) is 10.9. The van der Waals surface area contributed by atoms with E-state index in [4.69, 9.17) is 9.47 Å². The Morgan fingerprint density at radius 1 is 1.07 bits per heavy atom. The van der Waals surface area contributed by atoms with E-state index in [0.717, 1.165) is 11.1 Å². The lowest BCUT2D eigenvalue weighted by Crippen LogP contribution is -2.60. The van der Waals surface area contributed by atoms with E-state index in [0.29, 0.717) is 31.3 Å². The minimum Gasteiger partial charge on any atom is -0.462 e. The van der Waals surface area contributed by atoms with Gasteiger partial charge < -0.3 is 19.7 Å². The van der Waals surface area contributed by atoms with Crippen molar-refractivity contribution in [1.29, 1.82) is 0 Å². The summed E-state index contributed by atoms with van der Waals surface area (Å²) in [5.74, 6) is -1.52. The van der Waals surface area contributed by atoms with Gasteiger partial charge in [-0.15, -0.1) is 0 Å². The van der Waals surface area contributed by atoms with Crippen molar-refractivity contribution >= 4 is 11.9 Å². The van der Waals surface area contributed by atoms with Crippen LogP contribution in [0.15, 0.2) is 23.3 Å². The second kappa shape index (κ2) is 7.79. The van der Waals surface area contributed by atoms with Gasteiger partial charge in [0.25, 0.3) is 0 Å². The predicted molar refractivity (Wildman–Crippen MR) is 112 cm³/mol. The molecule has 0 amide bonds. The van der Waals surface area contributed by atoms with Crippen molar-refractivity contribution < 1.29 is 29.3 Å². The molecule has 168 valence electrons. The molecule has 6 nitrogen and oxygen atoms in total. The molecule has 2 fully saturated rings. The fourth-order valence-electron chi connectivity index (χ4n) is 6.78. The van der Waals surface area contributed by atoms with E-state index in [1.165, 1.54) is 13.8 Å². The number of fused-ring (bicyclic) bond motifs is 3. The van der Waals surface area contributed by atoms with Gasteiger partial charge in [0, 0.05) is 32.1 Å². The summed E-state index contributed by atoms with van der Waals surface area (Å²) in [5.41, 5.74) is 1.62. The van der Waals surface area contributed by atoms with Gasteiger partial charge in [-0.25, -0.2) is 0 Å². The summed E-state index contributed by atoms with van der Waals surface area (Å²) >= 11 is 0. The van der Waals surface area contributed by atoms with Crippen molar-refractivity contribution in [2.24, 2.45) is 22.7 Å². The third-order valence-electron chi connectivity index (χ3n) is 7.76. The normalized spacial score (nSPS) is 40.7. The van der Waals surface area contributed by atoms with Crippen molar-refractivity contribution in [1.82, 2.24) is 0 Å². The highest BCUT2D eigenvalue weighted by atomic mass is 16.6. The lowest BCUT2D eigenvalue weighted by molar-refractivity contribution is -0.182. The molecule has 0 spiro atoms. The topological polar surface area (TPSA) is 93.1 Å². The largest absolute Gasteiger partial charge is 0.462 e. The van der Waals surface area contributed by atoms with Crippen molar-refractivity contribution in [2.45, 2.75) is 91.6 Å². The highest BCUT2D eigenvalue weighted by Crippen LogP contribution is 2.59. The van der Waals surface area contributed by atoms with Crippen LogP contribution in [0.25, 0.3) is 0 Å². The number of hydrogen-bond donors (Lipinski definition) is 2. The number of rotatable bonds is 2. The molecular weight excluding hydrogens is 384 g/mol. The Morgan fingerprint density at radius 2 is 1.67 bits per heavy atom. The van der Waals surface area contributed by atoms with Crippen LogP contribution in [0.5, 0.6) is 0 Å². The standard InChI is InChI=1S/C24H36O6/c1-12-10-18(29-14(3)25)21-22(30-15(4)26)20-13(2)16(27)8-9-24(20,7)11-17(28)19(12)23(21,5)6/h16-18,20-22,27-28H,2,8-11H2,1,3-7H3/t16-,17-,18-,20-,21-,22-,24-/m0/s1. The lowest BCUT2D eigenvalue weighted by Gasteiger charge is -2.58. The van der Waals surface area contributed by atoms with Crippen molar-refractivity contribution in [3.63, 3.8) is 0 Å². The molecule has 0 aliphatic heterocycles. The molecule has 30 heavy (non-hydrogen) atoms. The second-order valence-corrected chi connectivity index (χ2v) is 10.3. The van der Waals surface area contributed by atoms with E-state index < -0.39 is 41.2 Å². The lowest BCUT2D eigenvalue weighted by atomic mass is 9.50. The summed E-state index contributed by atoms with van der Waals surface area (Å²) in [6.45, 7) is 15.1. The first-order chi connectivity index (χ1) is 13.8. The Balaban J connectivity index is 2.26. The molecule has 3 aliphatic rings. The van der Waals surface area contributed by atoms with Crippen LogP contribution in [0.1, 0.15) is 67.2 Å². The third kappa shape index (κ3) is 3.73. The van der Waals surface area contributed by atoms with Crippen LogP contribution in [0.2, 0.25) is 0 Å². The van der Waals surface area contributed by atoms with Gasteiger partial charge in [0.2, 0.25) is 0 Å². The average Bonchev–Trinajstić information content (AvgIpc) is 2.55. The minimum absolute atomic E-state index is 0.345. The van der Waals surface area contributed by atoms with Crippen molar-refractivity contribution in [3.05, 3.63) is 23.3 Å². The zero-order valence-corrected chi connectivity index (χ0v) is 19.0. The molecule has 6 heteroatoms. The van der Waals surface area contributed by atoms with Gasteiger partial charge in [0.15, 0.2) is 0 Å². The minimum atomic E-state index is -0.687. The van der Waals surface area contributed by atoms with E-state index in [9.17, 15) is 19.8 Å². The van der Waals surface area contributed by atoms with Crippen molar-refractivity contribution in [2.75, 3.05) is 0 Å². The molecule has 0 unspecified atom stereocenters. The summed E-state index contributed by atoms with van der Waals surface area (Å²) in [5, 5.41) is 22.0. The quantitative estimate of drug-likeness (QED) is 0.526. The van der Waals surface area contributed by atoms with Crippen LogP contribution in [0.3, 0.4) is 0 Å². The van der Waals surface area contributed by atoms with Crippen LogP contribution < -0.4 is 0 Å². The van der Waals surface area contributed by atoms with Gasteiger partial charge in [-0.1, -0.05) is 32.9 Å². The fourth-order valence-corrected chi connectivity index (χ4v) is 6.78. The molecule has 3 aliphatic carbocycles. The smallest absolute Gasteiger partial charge is 0.302 e. The molecule has 0 aromatic heterocycles. The monoisotopic (exact) mass is 420 g/mol. The predicted octanol–water partition coefficient (Wildman–Crippen LogP) is 3.31. The Bertz CT molecular complexity index is 781. The Hall–Kier alpha value is -1.66. The van der Waals surface area contributed by atoms with E-state index in [1.807, 2.05) is 20.8 Å². The maximum Gasteiger partial charge on any atom is 0.302 e. The van der Waals surface area contributed by atoms with Crippen LogP contribution >= 0.6 is 0 Å². The summed E-state index contributed by atoms with van der Waals surface area (Å²) in [7, 11) is 0. The molecule has 0 aromatic rings. The number of aliphatic hydroxyl groups is 2. The second-order valence-electron chi connectivity index (χ2n) is 10.3. The van der Waals surface area contributed by atoms with Crippen LogP contribution in [-0.2, 0) is 19.1 Å². The molecule has 2 N–H and O–H groups in total.